The maximum absolute atomic E-state index is 6.16. The average Bonchev–Trinajstić information content (AvgIpc) is 2.55. The van der Waals surface area contributed by atoms with E-state index in [-0.39, 0.29) is 6.04 Å². The molecular weight excluding hydrogens is 212 g/mol. The third-order valence-corrected chi connectivity index (χ3v) is 3.45. The van der Waals surface area contributed by atoms with Crippen LogP contribution in [0.2, 0.25) is 0 Å². The molecule has 0 aromatic carbocycles. The van der Waals surface area contributed by atoms with Gasteiger partial charge < -0.3 is 10.6 Å². The minimum atomic E-state index is 0.252. The average molecular weight is 238 g/mol. The van der Waals surface area contributed by atoms with E-state index in [0.717, 1.165) is 25.2 Å². The van der Waals surface area contributed by atoms with Crippen molar-refractivity contribution in [2.24, 2.45) is 18.7 Å². The van der Waals surface area contributed by atoms with E-state index >= 15 is 0 Å². The van der Waals surface area contributed by atoms with Gasteiger partial charge in [0.2, 0.25) is 0 Å². The van der Waals surface area contributed by atoms with Crippen molar-refractivity contribution in [1.29, 1.82) is 0 Å². The summed E-state index contributed by atoms with van der Waals surface area (Å²) in [6.07, 6.45) is 3.22. The van der Waals surface area contributed by atoms with Crippen LogP contribution in [0.1, 0.15) is 31.5 Å². The van der Waals surface area contributed by atoms with Crippen molar-refractivity contribution in [3.63, 3.8) is 0 Å². The monoisotopic (exact) mass is 238 g/mol. The smallest absolute Gasteiger partial charge is 0.0638 e. The molecule has 17 heavy (non-hydrogen) atoms. The van der Waals surface area contributed by atoms with E-state index in [0.29, 0.717) is 5.92 Å². The summed E-state index contributed by atoms with van der Waals surface area (Å²) >= 11 is 0. The molecule has 1 aromatic rings. The Kier molecular flexibility index (Phi) is 5.15. The van der Waals surface area contributed by atoms with Crippen molar-refractivity contribution >= 4 is 0 Å². The second kappa shape index (κ2) is 6.17. The molecule has 4 nitrogen and oxygen atoms in total. The molecule has 0 spiro atoms. The highest BCUT2D eigenvalue weighted by molar-refractivity contribution is 5.14. The maximum Gasteiger partial charge on any atom is 0.0638 e. The summed E-state index contributed by atoms with van der Waals surface area (Å²) in [5.74, 6) is 0.576. The zero-order valence-electron chi connectivity index (χ0n) is 11.8. The van der Waals surface area contributed by atoms with E-state index in [4.69, 9.17) is 5.73 Å². The van der Waals surface area contributed by atoms with Crippen LogP contribution in [-0.2, 0) is 13.6 Å². The Morgan fingerprint density at radius 3 is 2.65 bits per heavy atom. The van der Waals surface area contributed by atoms with Gasteiger partial charge in [-0.25, -0.2) is 0 Å². The number of rotatable bonds is 6. The van der Waals surface area contributed by atoms with Crippen molar-refractivity contribution in [2.75, 3.05) is 13.6 Å². The highest BCUT2D eigenvalue weighted by Crippen LogP contribution is 2.10. The lowest BCUT2D eigenvalue weighted by atomic mass is 10.00. The van der Waals surface area contributed by atoms with Crippen molar-refractivity contribution < 1.29 is 0 Å². The van der Waals surface area contributed by atoms with Crippen LogP contribution in [-0.4, -0.2) is 34.3 Å². The molecule has 0 saturated carbocycles. The van der Waals surface area contributed by atoms with Crippen LogP contribution in [0.3, 0.4) is 0 Å². The predicted octanol–water partition coefficient (Wildman–Crippen LogP) is 1.53. The summed E-state index contributed by atoms with van der Waals surface area (Å²) in [6, 6.07) is 0.252. The molecular formula is C13H26N4. The normalized spacial score (nSPS) is 15.2. The molecule has 0 unspecified atom stereocenters. The fourth-order valence-corrected chi connectivity index (χ4v) is 2.00. The first-order chi connectivity index (χ1) is 7.93. The highest BCUT2D eigenvalue weighted by Gasteiger charge is 2.14. The fraction of sp³-hybridized carbons (Fsp3) is 0.769. The first-order valence-corrected chi connectivity index (χ1v) is 6.37. The lowest BCUT2D eigenvalue weighted by molar-refractivity contribution is 0.267. The van der Waals surface area contributed by atoms with Gasteiger partial charge in [0.05, 0.1) is 5.69 Å². The fourth-order valence-electron chi connectivity index (χ4n) is 2.00. The summed E-state index contributed by atoms with van der Waals surface area (Å²) in [5.41, 5.74) is 8.55. The third kappa shape index (κ3) is 4.13. The van der Waals surface area contributed by atoms with Crippen molar-refractivity contribution in [3.05, 3.63) is 17.5 Å². The van der Waals surface area contributed by atoms with Gasteiger partial charge in [0, 0.05) is 37.9 Å². The van der Waals surface area contributed by atoms with Gasteiger partial charge in [-0.15, -0.1) is 0 Å². The first kappa shape index (κ1) is 14.2. The van der Waals surface area contributed by atoms with Gasteiger partial charge in [0.1, 0.15) is 0 Å². The molecule has 0 aliphatic rings. The Hall–Kier alpha value is -0.870. The number of likely N-dealkylation sites (N-methyl/N-ethyl adjacent to an activating group) is 1. The van der Waals surface area contributed by atoms with Crippen molar-refractivity contribution in [1.82, 2.24) is 14.7 Å². The second-order valence-electron chi connectivity index (χ2n) is 5.16. The molecule has 1 heterocycles. The van der Waals surface area contributed by atoms with Crippen molar-refractivity contribution in [2.45, 2.75) is 39.8 Å². The van der Waals surface area contributed by atoms with Crippen LogP contribution >= 0.6 is 0 Å². The summed E-state index contributed by atoms with van der Waals surface area (Å²) < 4.78 is 1.87. The Balaban J connectivity index is 2.49. The molecule has 1 rings (SSSR count). The SMILES string of the molecule is CC[C@H](C)[C@@H](N)CN(C)Cc1cn(C)nc1C. The number of hydrogen-bond acceptors (Lipinski definition) is 3. The van der Waals surface area contributed by atoms with E-state index in [1.54, 1.807) is 0 Å². The van der Waals surface area contributed by atoms with Crippen molar-refractivity contribution in [3.8, 4) is 0 Å². The topological polar surface area (TPSA) is 47.1 Å². The Morgan fingerprint density at radius 2 is 2.18 bits per heavy atom. The van der Waals surface area contributed by atoms with E-state index in [1.807, 2.05) is 11.7 Å². The van der Waals surface area contributed by atoms with Crippen LogP contribution in [0.15, 0.2) is 6.20 Å². The van der Waals surface area contributed by atoms with Crippen LogP contribution in [0, 0.1) is 12.8 Å². The lowest BCUT2D eigenvalue weighted by Crippen LogP contribution is -2.39. The Bertz CT molecular complexity index is 345. The van der Waals surface area contributed by atoms with Gasteiger partial charge in [-0.3, -0.25) is 4.68 Å². The molecule has 0 bridgehead atoms. The standard InChI is InChI=1S/C13H26N4/c1-6-10(2)13(14)9-16(4)7-12-8-17(5)15-11(12)3/h8,10,13H,6-7,9,14H2,1-5H3/t10-,13-/m0/s1. The maximum atomic E-state index is 6.16. The molecule has 0 amide bonds. The number of nitrogens with two attached hydrogens (primary N) is 1. The van der Waals surface area contributed by atoms with E-state index in [9.17, 15) is 0 Å². The van der Waals surface area contributed by atoms with Crippen LogP contribution in [0.25, 0.3) is 0 Å². The van der Waals surface area contributed by atoms with Crippen LogP contribution in [0.4, 0.5) is 0 Å². The lowest BCUT2D eigenvalue weighted by Gasteiger charge is -2.24. The zero-order chi connectivity index (χ0) is 13.0. The largest absolute Gasteiger partial charge is 0.326 e. The molecule has 0 aliphatic carbocycles. The summed E-state index contributed by atoms with van der Waals surface area (Å²) in [5, 5.41) is 4.35. The number of hydrogen-bond donors (Lipinski definition) is 1. The number of aromatic nitrogens is 2. The predicted molar refractivity (Wildman–Crippen MR) is 71.7 cm³/mol. The zero-order valence-corrected chi connectivity index (χ0v) is 11.8. The van der Waals surface area contributed by atoms with Gasteiger partial charge in [-0.1, -0.05) is 20.3 Å². The van der Waals surface area contributed by atoms with Gasteiger partial charge in [-0.05, 0) is 19.9 Å². The summed E-state index contributed by atoms with van der Waals surface area (Å²) in [6.45, 7) is 8.31. The van der Waals surface area contributed by atoms with Gasteiger partial charge in [0.15, 0.2) is 0 Å². The molecule has 1 aromatic heterocycles. The van der Waals surface area contributed by atoms with Gasteiger partial charge in [0.25, 0.3) is 0 Å². The molecule has 4 heteroatoms. The Labute approximate surface area is 105 Å². The molecule has 0 saturated heterocycles. The molecule has 98 valence electrons. The molecule has 2 atom stereocenters. The van der Waals surface area contributed by atoms with Crippen LogP contribution < -0.4 is 5.73 Å². The highest BCUT2D eigenvalue weighted by atomic mass is 15.3. The number of aryl methyl sites for hydroxylation is 2. The Morgan fingerprint density at radius 1 is 1.53 bits per heavy atom. The third-order valence-electron chi connectivity index (χ3n) is 3.45. The quantitative estimate of drug-likeness (QED) is 0.817. The second-order valence-corrected chi connectivity index (χ2v) is 5.16. The minimum absolute atomic E-state index is 0.252. The molecule has 0 aliphatic heterocycles. The van der Waals surface area contributed by atoms with E-state index in [1.165, 1.54) is 5.56 Å². The summed E-state index contributed by atoms with van der Waals surface area (Å²) in [7, 11) is 4.08. The van der Waals surface area contributed by atoms with Gasteiger partial charge in [-0.2, -0.15) is 5.10 Å². The summed E-state index contributed by atoms with van der Waals surface area (Å²) in [4.78, 5) is 2.28. The molecule has 2 N–H and O–H groups in total. The molecule has 0 fully saturated rings. The molecule has 0 radical (unpaired) electrons. The van der Waals surface area contributed by atoms with Gasteiger partial charge >= 0.3 is 0 Å². The number of nitrogens with zero attached hydrogens (tertiary/aromatic N) is 3. The van der Waals surface area contributed by atoms with E-state index < -0.39 is 0 Å². The van der Waals surface area contributed by atoms with Crippen LogP contribution in [0.5, 0.6) is 0 Å². The minimum Gasteiger partial charge on any atom is -0.326 e. The van der Waals surface area contributed by atoms with E-state index in [2.05, 4.69) is 44.0 Å². The first-order valence-electron chi connectivity index (χ1n) is 6.37.